The van der Waals surface area contributed by atoms with Crippen LogP contribution in [0.15, 0.2) is 42.0 Å². The zero-order valence-electron chi connectivity index (χ0n) is 13.2. The van der Waals surface area contributed by atoms with Gasteiger partial charge in [-0.05, 0) is 24.5 Å². The van der Waals surface area contributed by atoms with Crippen molar-refractivity contribution in [3.05, 3.63) is 53.1 Å². The molecule has 122 valence electrons. The van der Waals surface area contributed by atoms with E-state index in [0.29, 0.717) is 23.4 Å². The molecular weight excluding hydrogens is 308 g/mol. The molecule has 7 nitrogen and oxygen atoms in total. The lowest BCUT2D eigenvalue weighted by Crippen LogP contribution is -2.31. The summed E-state index contributed by atoms with van der Waals surface area (Å²) in [5.74, 6) is 0.211. The van der Waals surface area contributed by atoms with Crippen LogP contribution in [0.3, 0.4) is 0 Å². The van der Waals surface area contributed by atoms with E-state index in [2.05, 4.69) is 15.4 Å². The van der Waals surface area contributed by atoms with Gasteiger partial charge in [-0.2, -0.15) is 5.10 Å². The second-order valence-corrected chi connectivity index (χ2v) is 5.83. The first-order valence-electron chi connectivity index (χ1n) is 7.79. The smallest absolute Gasteiger partial charge is 0.343 e. The number of hydrogen-bond donors (Lipinski definition) is 1. The van der Waals surface area contributed by atoms with E-state index in [1.54, 1.807) is 17.1 Å². The van der Waals surface area contributed by atoms with E-state index in [-0.39, 0.29) is 11.8 Å². The summed E-state index contributed by atoms with van der Waals surface area (Å²) >= 11 is 0. The van der Waals surface area contributed by atoms with E-state index in [9.17, 15) is 9.59 Å². The Bertz CT molecular complexity index is 854. The Morgan fingerprint density at radius 3 is 3.00 bits per heavy atom. The highest BCUT2D eigenvalue weighted by Gasteiger charge is 2.37. The minimum Gasteiger partial charge on any atom is -0.465 e. The first-order chi connectivity index (χ1) is 11.7. The molecule has 0 unspecified atom stereocenters. The third-order valence-electron chi connectivity index (χ3n) is 4.44. The van der Waals surface area contributed by atoms with Crippen LogP contribution in [-0.2, 0) is 9.53 Å². The van der Waals surface area contributed by atoms with Gasteiger partial charge >= 0.3 is 5.97 Å². The normalized spacial score (nSPS) is 19.4. The zero-order chi connectivity index (χ0) is 16.7. The molecule has 0 bridgehead atoms. The molecular formula is C17H16N4O3. The Labute approximate surface area is 138 Å². The Kier molecular flexibility index (Phi) is 3.41. The number of carbonyl (C=O) groups is 2. The summed E-state index contributed by atoms with van der Waals surface area (Å²) < 4.78 is 6.50. The highest BCUT2D eigenvalue weighted by molar-refractivity contribution is 6.01. The highest BCUT2D eigenvalue weighted by Crippen LogP contribution is 2.41. The van der Waals surface area contributed by atoms with Crippen LogP contribution >= 0.6 is 0 Å². The summed E-state index contributed by atoms with van der Waals surface area (Å²) in [6.45, 7) is 0. The number of fused-ring (bicyclic) bond motifs is 1. The molecule has 4 rings (SSSR count). The molecule has 2 aromatic rings. The number of pyridine rings is 1. The molecule has 0 fully saturated rings. The van der Waals surface area contributed by atoms with E-state index in [1.807, 2.05) is 12.1 Å². The number of esters is 1. The Morgan fingerprint density at radius 2 is 2.25 bits per heavy atom. The topological polar surface area (TPSA) is 86.1 Å². The molecule has 7 heteroatoms. The number of aromatic nitrogens is 3. The average molecular weight is 324 g/mol. The number of hydrogen-bond acceptors (Lipinski definition) is 6. The average Bonchev–Trinajstić information content (AvgIpc) is 3.04. The minimum absolute atomic E-state index is 0.110. The van der Waals surface area contributed by atoms with Gasteiger partial charge in [-0.3, -0.25) is 9.78 Å². The van der Waals surface area contributed by atoms with Crippen molar-refractivity contribution in [2.75, 3.05) is 12.4 Å². The number of ketones is 1. The maximum atomic E-state index is 12.6. The SMILES string of the molecule is COC(=O)c1cnn2c1NC1=C(C(=O)CCC1)[C@@H]2c1cccnc1. The van der Waals surface area contributed by atoms with Crippen LogP contribution in [0.25, 0.3) is 0 Å². The van der Waals surface area contributed by atoms with Crippen molar-refractivity contribution in [2.45, 2.75) is 25.3 Å². The first-order valence-corrected chi connectivity index (χ1v) is 7.79. The highest BCUT2D eigenvalue weighted by atomic mass is 16.5. The number of anilines is 1. The first kappa shape index (κ1) is 14.6. The van der Waals surface area contributed by atoms with Crippen molar-refractivity contribution < 1.29 is 14.3 Å². The van der Waals surface area contributed by atoms with E-state index in [4.69, 9.17) is 4.74 Å². The lowest BCUT2D eigenvalue weighted by Gasteiger charge is -2.33. The Balaban J connectivity index is 1.92. The van der Waals surface area contributed by atoms with Gasteiger partial charge in [0.2, 0.25) is 0 Å². The standard InChI is InChI=1S/C17H16N4O3/c1-24-17(23)11-9-19-21-15(10-4-3-7-18-8-10)14-12(20-16(11)21)5-2-6-13(14)22/h3-4,7-9,15,20H,2,5-6H2,1H3/t15-/m0/s1. The molecule has 24 heavy (non-hydrogen) atoms. The summed E-state index contributed by atoms with van der Waals surface area (Å²) in [6, 6.07) is 3.37. The number of rotatable bonds is 2. The molecule has 1 atom stereocenters. The van der Waals surface area contributed by atoms with Crippen molar-refractivity contribution in [1.29, 1.82) is 0 Å². The quantitative estimate of drug-likeness (QED) is 0.851. The number of carbonyl (C=O) groups excluding carboxylic acids is 2. The molecule has 2 aromatic heterocycles. The van der Waals surface area contributed by atoms with Gasteiger partial charge < -0.3 is 10.1 Å². The summed E-state index contributed by atoms with van der Waals surface area (Å²) in [4.78, 5) is 28.7. The van der Waals surface area contributed by atoms with E-state index in [0.717, 1.165) is 24.1 Å². The van der Waals surface area contributed by atoms with Crippen LogP contribution in [0.2, 0.25) is 0 Å². The number of nitrogens with zero attached hydrogens (tertiary/aromatic N) is 3. The van der Waals surface area contributed by atoms with Gasteiger partial charge in [-0.25, -0.2) is 9.48 Å². The molecule has 3 heterocycles. The maximum Gasteiger partial charge on any atom is 0.343 e. The molecule has 0 spiro atoms. The van der Waals surface area contributed by atoms with Gasteiger partial charge in [0.15, 0.2) is 5.78 Å². The van der Waals surface area contributed by atoms with E-state index in [1.165, 1.54) is 13.3 Å². The van der Waals surface area contributed by atoms with Crippen molar-refractivity contribution in [3.8, 4) is 0 Å². The maximum absolute atomic E-state index is 12.6. The van der Waals surface area contributed by atoms with Crippen molar-refractivity contribution in [3.63, 3.8) is 0 Å². The number of Topliss-reactive ketones (excluding diaryl/α,β-unsaturated/α-hetero) is 1. The fraction of sp³-hybridized carbons (Fsp3) is 0.294. The minimum atomic E-state index is -0.458. The monoisotopic (exact) mass is 324 g/mol. The van der Waals surface area contributed by atoms with Crippen LogP contribution in [0.5, 0.6) is 0 Å². The molecule has 0 amide bonds. The second-order valence-electron chi connectivity index (χ2n) is 5.83. The second kappa shape index (κ2) is 5.59. The molecule has 1 N–H and O–H groups in total. The lowest BCUT2D eigenvalue weighted by molar-refractivity contribution is -0.116. The molecule has 1 aliphatic heterocycles. The summed E-state index contributed by atoms with van der Waals surface area (Å²) in [6.07, 6.45) is 6.98. The third kappa shape index (κ3) is 2.12. The molecule has 0 aromatic carbocycles. The molecule has 0 saturated heterocycles. The molecule has 0 saturated carbocycles. The van der Waals surface area contributed by atoms with Crippen LogP contribution < -0.4 is 5.32 Å². The Morgan fingerprint density at radius 1 is 1.38 bits per heavy atom. The summed E-state index contributed by atoms with van der Waals surface area (Å²) in [5, 5.41) is 7.58. The number of allylic oxidation sites excluding steroid dienone is 2. The molecule has 1 aliphatic carbocycles. The Hall–Kier alpha value is -2.96. The van der Waals surface area contributed by atoms with Crippen LogP contribution in [-0.4, -0.2) is 33.6 Å². The fourth-order valence-corrected chi connectivity index (χ4v) is 3.36. The largest absolute Gasteiger partial charge is 0.465 e. The van der Waals surface area contributed by atoms with Gasteiger partial charge in [0, 0.05) is 30.1 Å². The fourth-order valence-electron chi connectivity index (χ4n) is 3.36. The van der Waals surface area contributed by atoms with Crippen molar-refractivity contribution >= 4 is 17.6 Å². The van der Waals surface area contributed by atoms with Crippen LogP contribution in [0.1, 0.15) is 41.2 Å². The van der Waals surface area contributed by atoms with Gasteiger partial charge in [0.05, 0.1) is 13.3 Å². The van der Waals surface area contributed by atoms with Crippen LogP contribution in [0, 0.1) is 0 Å². The predicted molar refractivity (Wildman–Crippen MR) is 85.4 cm³/mol. The van der Waals surface area contributed by atoms with E-state index >= 15 is 0 Å². The number of nitrogens with one attached hydrogen (secondary N) is 1. The van der Waals surface area contributed by atoms with Gasteiger partial charge in [-0.1, -0.05) is 6.07 Å². The van der Waals surface area contributed by atoms with Gasteiger partial charge in [0.25, 0.3) is 0 Å². The van der Waals surface area contributed by atoms with Crippen molar-refractivity contribution in [2.24, 2.45) is 0 Å². The van der Waals surface area contributed by atoms with Gasteiger partial charge in [-0.15, -0.1) is 0 Å². The number of ether oxygens (including phenoxy) is 1. The molecule has 0 radical (unpaired) electrons. The lowest BCUT2D eigenvalue weighted by atomic mass is 9.86. The molecule has 2 aliphatic rings. The van der Waals surface area contributed by atoms with Crippen molar-refractivity contribution in [1.82, 2.24) is 14.8 Å². The summed E-state index contributed by atoms with van der Waals surface area (Å²) in [5.41, 5.74) is 2.79. The summed E-state index contributed by atoms with van der Waals surface area (Å²) in [7, 11) is 1.34. The van der Waals surface area contributed by atoms with Crippen LogP contribution in [0.4, 0.5) is 5.82 Å². The van der Waals surface area contributed by atoms with Gasteiger partial charge in [0.1, 0.15) is 17.4 Å². The number of methoxy groups -OCH3 is 1. The zero-order valence-corrected chi connectivity index (χ0v) is 13.2. The third-order valence-corrected chi connectivity index (χ3v) is 4.44. The van der Waals surface area contributed by atoms with E-state index < -0.39 is 5.97 Å². The predicted octanol–water partition coefficient (Wildman–Crippen LogP) is 2.09.